The monoisotopic (exact) mass is 387 g/mol. The van der Waals surface area contributed by atoms with Crippen molar-refractivity contribution in [3.8, 4) is 11.5 Å². The Morgan fingerprint density at radius 3 is 2.78 bits per heavy atom. The fourth-order valence-electron chi connectivity index (χ4n) is 1.61. The van der Waals surface area contributed by atoms with Crippen LogP contribution in [0.3, 0.4) is 0 Å². The van der Waals surface area contributed by atoms with Crippen molar-refractivity contribution in [3.63, 3.8) is 0 Å². The third-order valence-electron chi connectivity index (χ3n) is 2.35. The average Bonchev–Trinajstić information content (AvgIpc) is 2.28. The van der Waals surface area contributed by atoms with Crippen LogP contribution in [0.4, 0.5) is 0 Å². The van der Waals surface area contributed by atoms with Gasteiger partial charge < -0.3 is 4.98 Å². The fourth-order valence-corrected chi connectivity index (χ4v) is 3.02. The highest BCUT2D eigenvalue weighted by Crippen LogP contribution is 2.26. The fraction of sp³-hybridized carbons (Fsp3) is 0.250. The SMILES string of the molecule is CCCc1cc(=S)nc(-c2ncc(Br)cc2Br)[nH]1. The van der Waals surface area contributed by atoms with Crippen LogP contribution in [-0.4, -0.2) is 15.0 Å². The Balaban J connectivity index is 2.53. The van der Waals surface area contributed by atoms with Crippen molar-refractivity contribution in [2.24, 2.45) is 0 Å². The predicted molar refractivity (Wildman–Crippen MR) is 82.0 cm³/mol. The minimum atomic E-state index is 0.587. The number of H-pyrrole nitrogens is 1. The number of hydrogen-bond acceptors (Lipinski definition) is 3. The van der Waals surface area contributed by atoms with E-state index in [-0.39, 0.29) is 0 Å². The van der Waals surface area contributed by atoms with Crippen LogP contribution in [-0.2, 0) is 6.42 Å². The average molecular weight is 389 g/mol. The topological polar surface area (TPSA) is 41.6 Å². The van der Waals surface area contributed by atoms with Gasteiger partial charge in [0.25, 0.3) is 0 Å². The van der Waals surface area contributed by atoms with Crippen LogP contribution < -0.4 is 0 Å². The van der Waals surface area contributed by atoms with E-state index in [2.05, 4.69) is 53.7 Å². The number of aromatic nitrogens is 3. The van der Waals surface area contributed by atoms with Crippen molar-refractivity contribution in [1.29, 1.82) is 0 Å². The maximum Gasteiger partial charge on any atom is 0.158 e. The van der Waals surface area contributed by atoms with Crippen LogP contribution in [0.25, 0.3) is 11.5 Å². The summed E-state index contributed by atoms with van der Waals surface area (Å²) in [6, 6.07) is 3.84. The minimum Gasteiger partial charge on any atom is -0.342 e. The summed E-state index contributed by atoms with van der Waals surface area (Å²) in [6.07, 6.45) is 3.75. The molecule has 2 rings (SSSR count). The molecule has 2 aromatic rings. The van der Waals surface area contributed by atoms with Gasteiger partial charge in [0.05, 0.1) is 0 Å². The van der Waals surface area contributed by atoms with E-state index in [0.717, 1.165) is 33.2 Å². The zero-order valence-electron chi connectivity index (χ0n) is 9.70. The molecule has 2 aromatic heterocycles. The standard InChI is InChI=1S/C12H11Br2N3S/c1-2-3-8-5-10(18)17-12(16-8)11-9(14)4-7(13)6-15-11/h4-6H,2-3H2,1H3,(H,16,17,18). The molecular weight excluding hydrogens is 378 g/mol. The molecule has 0 radical (unpaired) electrons. The summed E-state index contributed by atoms with van der Waals surface area (Å²) >= 11 is 12.1. The van der Waals surface area contributed by atoms with E-state index in [1.807, 2.05) is 12.1 Å². The molecule has 0 aromatic carbocycles. The number of hydrogen-bond donors (Lipinski definition) is 1. The first-order valence-electron chi connectivity index (χ1n) is 5.52. The van der Waals surface area contributed by atoms with Gasteiger partial charge in [-0.05, 0) is 50.4 Å². The molecule has 0 unspecified atom stereocenters. The maximum atomic E-state index is 5.19. The number of halogens is 2. The number of pyridine rings is 1. The van der Waals surface area contributed by atoms with Crippen LogP contribution in [0.5, 0.6) is 0 Å². The smallest absolute Gasteiger partial charge is 0.158 e. The molecule has 0 spiro atoms. The summed E-state index contributed by atoms with van der Waals surface area (Å²) in [4.78, 5) is 12.0. The molecule has 0 saturated heterocycles. The molecule has 1 N–H and O–H groups in total. The predicted octanol–water partition coefficient (Wildman–Crippen LogP) is 4.68. The van der Waals surface area contributed by atoms with Gasteiger partial charge >= 0.3 is 0 Å². The van der Waals surface area contributed by atoms with Gasteiger partial charge in [-0.25, -0.2) is 4.98 Å². The van der Waals surface area contributed by atoms with Gasteiger partial charge in [0.2, 0.25) is 0 Å². The van der Waals surface area contributed by atoms with Crippen molar-refractivity contribution in [2.75, 3.05) is 0 Å². The van der Waals surface area contributed by atoms with Crippen LogP contribution in [0.1, 0.15) is 19.0 Å². The Hall–Kier alpha value is -0.590. The minimum absolute atomic E-state index is 0.587. The van der Waals surface area contributed by atoms with Gasteiger partial charge in [-0.3, -0.25) is 4.98 Å². The number of nitrogens with zero attached hydrogens (tertiary/aromatic N) is 2. The number of aryl methyl sites for hydroxylation is 1. The van der Waals surface area contributed by atoms with Gasteiger partial charge in [-0.15, -0.1) is 0 Å². The Morgan fingerprint density at radius 2 is 2.11 bits per heavy atom. The largest absolute Gasteiger partial charge is 0.342 e. The van der Waals surface area contributed by atoms with Crippen LogP contribution in [0.15, 0.2) is 27.3 Å². The van der Waals surface area contributed by atoms with E-state index in [9.17, 15) is 0 Å². The molecule has 0 aliphatic carbocycles. The lowest BCUT2D eigenvalue weighted by molar-refractivity contribution is 0.871. The molecule has 18 heavy (non-hydrogen) atoms. The Morgan fingerprint density at radius 1 is 1.33 bits per heavy atom. The number of nitrogens with one attached hydrogen (secondary N) is 1. The quantitative estimate of drug-likeness (QED) is 0.776. The third-order valence-corrected chi connectivity index (χ3v) is 3.60. The molecule has 0 fully saturated rings. The van der Waals surface area contributed by atoms with Crippen LogP contribution >= 0.6 is 44.1 Å². The van der Waals surface area contributed by atoms with Crippen molar-refractivity contribution in [1.82, 2.24) is 15.0 Å². The van der Waals surface area contributed by atoms with E-state index in [0.29, 0.717) is 10.5 Å². The van der Waals surface area contributed by atoms with Crippen LogP contribution in [0, 0.1) is 4.64 Å². The molecule has 2 heterocycles. The normalized spacial score (nSPS) is 10.6. The van der Waals surface area contributed by atoms with Crippen molar-refractivity contribution < 1.29 is 0 Å². The first-order valence-corrected chi connectivity index (χ1v) is 7.51. The Labute approximate surface area is 127 Å². The highest BCUT2D eigenvalue weighted by molar-refractivity contribution is 9.11. The Bertz CT molecular complexity index is 625. The van der Waals surface area contributed by atoms with E-state index in [1.54, 1.807) is 6.20 Å². The Kier molecular flexibility index (Phi) is 4.64. The molecule has 0 amide bonds. The zero-order chi connectivity index (χ0) is 13.1. The first-order chi connectivity index (χ1) is 8.60. The molecular formula is C12H11Br2N3S. The summed E-state index contributed by atoms with van der Waals surface area (Å²) in [5.74, 6) is 0.699. The summed E-state index contributed by atoms with van der Waals surface area (Å²) in [5, 5.41) is 0. The van der Waals surface area contributed by atoms with Gasteiger partial charge in [-0.1, -0.05) is 25.6 Å². The van der Waals surface area contributed by atoms with E-state index < -0.39 is 0 Å². The highest BCUT2D eigenvalue weighted by atomic mass is 79.9. The third kappa shape index (κ3) is 3.24. The molecule has 3 nitrogen and oxygen atoms in total. The highest BCUT2D eigenvalue weighted by Gasteiger charge is 2.08. The van der Waals surface area contributed by atoms with Crippen molar-refractivity contribution in [3.05, 3.63) is 37.6 Å². The van der Waals surface area contributed by atoms with Gasteiger partial charge in [0.1, 0.15) is 10.3 Å². The lowest BCUT2D eigenvalue weighted by Gasteiger charge is -2.06. The lowest BCUT2D eigenvalue weighted by Crippen LogP contribution is -1.98. The second-order valence-electron chi connectivity index (χ2n) is 3.83. The van der Waals surface area contributed by atoms with E-state index >= 15 is 0 Å². The summed E-state index contributed by atoms with van der Waals surface area (Å²) < 4.78 is 2.38. The van der Waals surface area contributed by atoms with Gasteiger partial charge in [0.15, 0.2) is 5.82 Å². The van der Waals surface area contributed by atoms with E-state index in [1.165, 1.54) is 0 Å². The summed E-state index contributed by atoms with van der Waals surface area (Å²) in [7, 11) is 0. The maximum absolute atomic E-state index is 5.19. The second-order valence-corrected chi connectivity index (χ2v) is 6.02. The van der Waals surface area contributed by atoms with Gasteiger partial charge in [0, 0.05) is 20.8 Å². The van der Waals surface area contributed by atoms with Gasteiger partial charge in [-0.2, -0.15) is 0 Å². The lowest BCUT2D eigenvalue weighted by atomic mass is 10.2. The summed E-state index contributed by atoms with van der Waals surface area (Å²) in [5.41, 5.74) is 1.85. The summed E-state index contributed by atoms with van der Waals surface area (Å²) in [6.45, 7) is 2.13. The molecule has 0 saturated carbocycles. The molecule has 94 valence electrons. The molecule has 0 bridgehead atoms. The van der Waals surface area contributed by atoms with Crippen molar-refractivity contribution >= 4 is 44.1 Å². The first kappa shape index (κ1) is 13.8. The van der Waals surface area contributed by atoms with Crippen LogP contribution in [0.2, 0.25) is 0 Å². The zero-order valence-corrected chi connectivity index (χ0v) is 13.7. The molecule has 0 aliphatic rings. The molecule has 0 atom stereocenters. The molecule has 0 aliphatic heterocycles. The van der Waals surface area contributed by atoms with E-state index in [4.69, 9.17) is 12.2 Å². The van der Waals surface area contributed by atoms with Crippen molar-refractivity contribution in [2.45, 2.75) is 19.8 Å². The molecule has 6 heteroatoms. The number of aromatic amines is 1. The second kappa shape index (κ2) is 6.04. The number of rotatable bonds is 3.